The molecule has 1 aromatic carbocycles. The maximum absolute atomic E-state index is 13.1. The number of halogens is 1. The summed E-state index contributed by atoms with van der Waals surface area (Å²) in [4.78, 5) is 11.2. The molecule has 0 saturated carbocycles. The Bertz CT molecular complexity index is 422. The van der Waals surface area contributed by atoms with E-state index < -0.39 is 23.9 Å². The molecule has 1 fully saturated rings. The Hall–Kier alpha value is -1.62. The number of carbonyl (C=O) groups excluding carboxylic acids is 1. The molecular weight excluding hydrogens is 213 g/mol. The molecular formula is C11H12FNO3. The number of esters is 1. The number of carbonyl (C=O) groups is 1. The number of hydrogen-bond donors (Lipinski definition) is 1. The van der Waals surface area contributed by atoms with Crippen molar-refractivity contribution >= 4 is 5.97 Å². The van der Waals surface area contributed by atoms with Crippen molar-refractivity contribution in [3.8, 4) is 5.75 Å². The first-order valence-corrected chi connectivity index (χ1v) is 4.91. The van der Waals surface area contributed by atoms with Crippen molar-refractivity contribution < 1.29 is 18.7 Å². The average molecular weight is 225 g/mol. The van der Waals surface area contributed by atoms with Crippen molar-refractivity contribution in [2.75, 3.05) is 7.11 Å². The van der Waals surface area contributed by atoms with Gasteiger partial charge in [-0.3, -0.25) is 4.79 Å². The summed E-state index contributed by atoms with van der Waals surface area (Å²) in [5.74, 6) is -0.364. The van der Waals surface area contributed by atoms with Crippen molar-refractivity contribution in [1.29, 1.82) is 0 Å². The molecule has 0 aliphatic carbocycles. The van der Waals surface area contributed by atoms with Crippen LogP contribution in [-0.2, 0) is 9.53 Å². The molecule has 2 N–H and O–H groups in total. The van der Waals surface area contributed by atoms with Crippen molar-refractivity contribution in [1.82, 2.24) is 0 Å². The predicted molar refractivity (Wildman–Crippen MR) is 54.4 cm³/mol. The Labute approximate surface area is 92.1 Å². The number of hydrogen-bond acceptors (Lipinski definition) is 4. The summed E-state index contributed by atoms with van der Waals surface area (Å²) in [5, 5.41) is 0. The Morgan fingerprint density at radius 3 is 2.88 bits per heavy atom. The van der Waals surface area contributed by atoms with Gasteiger partial charge in [0.2, 0.25) is 0 Å². The standard InChI is InChI=1S/C11H12FNO3/c1-15-9-3-2-6(12)4-7(9)10-5-8(13)11(14)16-10/h2-4,8,10H,5,13H2,1H3. The van der Waals surface area contributed by atoms with Crippen molar-refractivity contribution in [2.45, 2.75) is 18.6 Å². The number of methoxy groups -OCH3 is 1. The molecule has 86 valence electrons. The van der Waals surface area contributed by atoms with Gasteiger partial charge in [0.05, 0.1) is 7.11 Å². The lowest BCUT2D eigenvalue weighted by Gasteiger charge is -2.13. The molecule has 1 aromatic rings. The van der Waals surface area contributed by atoms with Gasteiger partial charge in [0.25, 0.3) is 0 Å². The zero-order valence-corrected chi connectivity index (χ0v) is 8.77. The molecule has 1 aliphatic heterocycles. The first kappa shape index (κ1) is 10.9. The van der Waals surface area contributed by atoms with Crippen LogP contribution in [0.1, 0.15) is 18.1 Å². The van der Waals surface area contributed by atoms with Crippen molar-refractivity contribution in [2.24, 2.45) is 5.73 Å². The maximum Gasteiger partial charge on any atom is 0.323 e. The van der Waals surface area contributed by atoms with Gasteiger partial charge in [-0.2, -0.15) is 0 Å². The quantitative estimate of drug-likeness (QED) is 0.767. The minimum Gasteiger partial charge on any atom is -0.496 e. The molecule has 0 radical (unpaired) electrons. The Morgan fingerprint density at radius 1 is 1.56 bits per heavy atom. The summed E-state index contributed by atoms with van der Waals surface area (Å²) in [5.41, 5.74) is 6.04. The molecule has 1 heterocycles. The molecule has 0 spiro atoms. The van der Waals surface area contributed by atoms with Gasteiger partial charge in [-0.05, 0) is 18.2 Å². The first-order chi connectivity index (χ1) is 7.61. The van der Waals surface area contributed by atoms with Crippen LogP contribution in [0.2, 0.25) is 0 Å². The molecule has 2 atom stereocenters. The Kier molecular flexibility index (Phi) is 2.78. The highest BCUT2D eigenvalue weighted by molar-refractivity contribution is 5.78. The van der Waals surface area contributed by atoms with Gasteiger partial charge in [-0.1, -0.05) is 0 Å². The molecule has 5 heteroatoms. The van der Waals surface area contributed by atoms with Gasteiger partial charge in [0.1, 0.15) is 23.7 Å². The van der Waals surface area contributed by atoms with Gasteiger partial charge in [-0.15, -0.1) is 0 Å². The number of benzene rings is 1. The molecule has 2 rings (SSSR count). The number of cyclic esters (lactones) is 1. The second-order valence-corrected chi connectivity index (χ2v) is 3.65. The van der Waals surface area contributed by atoms with Gasteiger partial charge in [0, 0.05) is 12.0 Å². The van der Waals surface area contributed by atoms with Gasteiger partial charge in [-0.25, -0.2) is 4.39 Å². The third-order valence-electron chi connectivity index (χ3n) is 2.57. The third kappa shape index (κ3) is 1.86. The minimum atomic E-state index is -0.641. The normalized spacial score (nSPS) is 24.3. The third-order valence-corrected chi connectivity index (χ3v) is 2.57. The smallest absolute Gasteiger partial charge is 0.323 e. The zero-order valence-electron chi connectivity index (χ0n) is 8.77. The number of nitrogens with two attached hydrogens (primary N) is 1. The van der Waals surface area contributed by atoms with Crippen LogP contribution in [0.4, 0.5) is 4.39 Å². The monoisotopic (exact) mass is 225 g/mol. The van der Waals surface area contributed by atoms with Crippen LogP contribution in [0, 0.1) is 5.82 Å². The minimum absolute atomic E-state index is 0.346. The number of rotatable bonds is 2. The van der Waals surface area contributed by atoms with Gasteiger partial charge >= 0.3 is 5.97 Å². The fourth-order valence-electron chi connectivity index (χ4n) is 1.75. The van der Waals surface area contributed by atoms with E-state index in [1.807, 2.05) is 0 Å². The van der Waals surface area contributed by atoms with Crippen LogP contribution in [0.3, 0.4) is 0 Å². The highest BCUT2D eigenvalue weighted by Gasteiger charge is 2.34. The van der Waals surface area contributed by atoms with E-state index >= 15 is 0 Å². The van der Waals surface area contributed by atoms with Crippen LogP contribution in [0.25, 0.3) is 0 Å². The highest BCUT2D eigenvalue weighted by atomic mass is 19.1. The maximum atomic E-state index is 13.1. The van der Waals surface area contributed by atoms with E-state index in [4.69, 9.17) is 15.2 Å². The van der Waals surface area contributed by atoms with E-state index in [2.05, 4.69) is 0 Å². The van der Waals surface area contributed by atoms with Crippen LogP contribution in [0.5, 0.6) is 5.75 Å². The second kappa shape index (κ2) is 4.09. The molecule has 0 amide bonds. The summed E-state index contributed by atoms with van der Waals surface area (Å²) in [7, 11) is 1.48. The summed E-state index contributed by atoms with van der Waals surface area (Å²) in [6.07, 6.45) is -0.174. The molecule has 2 unspecified atom stereocenters. The first-order valence-electron chi connectivity index (χ1n) is 4.91. The number of ether oxygens (including phenoxy) is 2. The zero-order chi connectivity index (χ0) is 11.7. The van der Waals surface area contributed by atoms with E-state index in [0.717, 1.165) is 0 Å². The van der Waals surface area contributed by atoms with E-state index in [1.165, 1.54) is 25.3 Å². The lowest BCUT2D eigenvalue weighted by atomic mass is 10.0. The van der Waals surface area contributed by atoms with Crippen molar-refractivity contribution in [3.05, 3.63) is 29.6 Å². The molecule has 1 saturated heterocycles. The summed E-state index contributed by atoms with van der Waals surface area (Å²) in [6.45, 7) is 0. The van der Waals surface area contributed by atoms with Gasteiger partial charge in [0.15, 0.2) is 0 Å². The second-order valence-electron chi connectivity index (χ2n) is 3.65. The molecule has 4 nitrogen and oxygen atoms in total. The van der Waals surface area contributed by atoms with Crippen LogP contribution < -0.4 is 10.5 Å². The summed E-state index contributed by atoms with van der Waals surface area (Å²) in [6, 6.07) is 3.45. The fourth-order valence-corrected chi connectivity index (χ4v) is 1.75. The van der Waals surface area contributed by atoms with E-state index in [0.29, 0.717) is 17.7 Å². The van der Waals surface area contributed by atoms with Crippen LogP contribution in [0.15, 0.2) is 18.2 Å². The Morgan fingerprint density at radius 2 is 2.31 bits per heavy atom. The topological polar surface area (TPSA) is 61.5 Å². The average Bonchev–Trinajstić information content (AvgIpc) is 2.59. The predicted octanol–water partition coefficient (Wildman–Crippen LogP) is 1.15. The van der Waals surface area contributed by atoms with Gasteiger partial charge < -0.3 is 15.2 Å². The van der Waals surface area contributed by atoms with E-state index in [9.17, 15) is 9.18 Å². The van der Waals surface area contributed by atoms with Crippen molar-refractivity contribution in [3.63, 3.8) is 0 Å². The highest BCUT2D eigenvalue weighted by Crippen LogP contribution is 2.35. The lowest BCUT2D eigenvalue weighted by Crippen LogP contribution is -2.24. The van der Waals surface area contributed by atoms with Crippen LogP contribution >= 0.6 is 0 Å². The fraction of sp³-hybridized carbons (Fsp3) is 0.364. The Balaban J connectivity index is 2.33. The molecule has 0 aromatic heterocycles. The molecule has 16 heavy (non-hydrogen) atoms. The largest absolute Gasteiger partial charge is 0.496 e. The lowest BCUT2D eigenvalue weighted by molar-refractivity contribution is -0.142. The molecule has 0 bridgehead atoms. The summed E-state index contributed by atoms with van der Waals surface area (Å²) >= 11 is 0. The van der Waals surface area contributed by atoms with E-state index in [-0.39, 0.29) is 0 Å². The van der Waals surface area contributed by atoms with Crippen LogP contribution in [-0.4, -0.2) is 19.1 Å². The van der Waals surface area contributed by atoms with E-state index in [1.54, 1.807) is 0 Å². The molecule has 1 aliphatic rings. The summed E-state index contributed by atoms with van der Waals surface area (Å²) < 4.78 is 23.2. The SMILES string of the molecule is COc1ccc(F)cc1C1CC(N)C(=O)O1.